The fourth-order valence-corrected chi connectivity index (χ4v) is 8.55. The second-order valence-corrected chi connectivity index (χ2v) is 13.4. The van der Waals surface area contributed by atoms with Crippen molar-refractivity contribution in [2.45, 2.75) is 0 Å². The van der Waals surface area contributed by atoms with Gasteiger partial charge in [-0.05, 0) is 146 Å². The lowest BCUT2D eigenvalue weighted by Gasteiger charge is -2.13. The van der Waals surface area contributed by atoms with Crippen LogP contribution in [0.4, 0.5) is 4.39 Å². The number of halogens is 1. The number of fused-ring (bicyclic) bond motifs is 12. The van der Waals surface area contributed by atoms with Crippen LogP contribution in [0.25, 0.3) is 109 Å². The van der Waals surface area contributed by atoms with Crippen LogP contribution in [0.15, 0.2) is 164 Å². The monoisotopic (exact) mass is 622 g/mol. The number of hydrogen-bond donors (Lipinski definition) is 0. The lowest BCUT2D eigenvalue weighted by Crippen LogP contribution is -1.88. The van der Waals surface area contributed by atoms with E-state index in [4.69, 9.17) is 0 Å². The lowest BCUT2D eigenvalue weighted by molar-refractivity contribution is 0.629. The molecule has 0 aliphatic heterocycles. The molecule has 0 aromatic heterocycles. The highest BCUT2D eigenvalue weighted by Gasteiger charge is 2.23. The summed E-state index contributed by atoms with van der Waals surface area (Å²) in [6, 6.07) is 58.1. The topological polar surface area (TPSA) is 0 Å². The Bertz CT molecular complexity index is 3060. The number of rotatable bonds is 2. The molecule has 0 saturated carbocycles. The summed E-state index contributed by atoms with van der Waals surface area (Å²) in [5, 5.41) is 14.8. The summed E-state index contributed by atoms with van der Waals surface area (Å²) >= 11 is 0. The summed E-state index contributed by atoms with van der Waals surface area (Å²) in [4.78, 5) is 0. The molecule has 226 valence electrons. The van der Waals surface area contributed by atoms with E-state index in [1.54, 1.807) is 12.1 Å². The molecule has 0 heterocycles. The van der Waals surface area contributed by atoms with Gasteiger partial charge >= 0.3 is 0 Å². The molecule has 1 heteroatoms. The average Bonchev–Trinajstić information content (AvgIpc) is 3.48. The molecule has 10 aromatic rings. The van der Waals surface area contributed by atoms with Gasteiger partial charge in [0.05, 0.1) is 0 Å². The largest absolute Gasteiger partial charge is 0.207 e. The Hall–Kier alpha value is -6.31. The molecule has 0 saturated heterocycles. The van der Waals surface area contributed by atoms with Gasteiger partial charge in [0, 0.05) is 0 Å². The van der Waals surface area contributed by atoms with Gasteiger partial charge in [-0.15, -0.1) is 0 Å². The number of hydrogen-bond acceptors (Lipinski definition) is 0. The van der Waals surface area contributed by atoms with Crippen molar-refractivity contribution in [3.05, 3.63) is 170 Å². The first-order valence-electron chi connectivity index (χ1n) is 16.9. The summed E-state index contributed by atoms with van der Waals surface area (Å²) in [5.41, 5.74) is 8.99. The van der Waals surface area contributed by atoms with Crippen LogP contribution >= 0.6 is 0 Å². The van der Waals surface area contributed by atoms with Crippen molar-refractivity contribution in [1.82, 2.24) is 0 Å². The molecule has 49 heavy (non-hydrogen) atoms. The highest BCUT2D eigenvalue weighted by molar-refractivity contribution is 6.29. The molecule has 0 amide bonds. The maximum absolute atomic E-state index is 15.4. The molecule has 0 spiro atoms. The van der Waals surface area contributed by atoms with Gasteiger partial charge in [-0.25, -0.2) is 4.39 Å². The molecular formula is C48H27F. The quantitative estimate of drug-likeness (QED) is 0.168. The van der Waals surface area contributed by atoms with Gasteiger partial charge in [-0.2, -0.15) is 0 Å². The molecule has 0 unspecified atom stereocenters. The van der Waals surface area contributed by atoms with Crippen LogP contribution in [0.3, 0.4) is 0 Å². The minimum Gasteiger partial charge on any atom is -0.207 e. The molecule has 0 atom stereocenters. The Balaban J connectivity index is 1.03. The van der Waals surface area contributed by atoms with Gasteiger partial charge in [-0.3, -0.25) is 0 Å². The van der Waals surface area contributed by atoms with Gasteiger partial charge in [0.1, 0.15) is 5.82 Å². The van der Waals surface area contributed by atoms with Gasteiger partial charge in [0.15, 0.2) is 0 Å². The summed E-state index contributed by atoms with van der Waals surface area (Å²) in [5.74, 6) is -0.236. The van der Waals surface area contributed by atoms with Crippen LogP contribution in [0.5, 0.6) is 0 Å². The molecule has 11 rings (SSSR count). The SMILES string of the molecule is Fc1cc(-c2ccc3c(ccc4c5ccccc5ccc34)c2)cc(-c2ccc3c(ccc4cc5c6c(cccc6c43)-c3ccccc3-5)c2)c1. The Kier molecular flexibility index (Phi) is 5.38. The van der Waals surface area contributed by atoms with E-state index >= 15 is 4.39 Å². The van der Waals surface area contributed by atoms with Crippen LogP contribution in [-0.4, -0.2) is 0 Å². The van der Waals surface area contributed by atoms with E-state index < -0.39 is 0 Å². The third kappa shape index (κ3) is 3.85. The maximum atomic E-state index is 15.4. The van der Waals surface area contributed by atoms with Crippen molar-refractivity contribution in [2.24, 2.45) is 0 Å². The first-order chi connectivity index (χ1) is 24.2. The Labute approximate surface area is 282 Å². The van der Waals surface area contributed by atoms with Gasteiger partial charge in [0.25, 0.3) is 0 Å². The third-order valence-corrected chi connectivity index (χ3v) is 10.8. The standard InChI is InChI=1S/C48H27F/c49-36-25-34(29-15-18-38-31(22-29)17-21-42-37-7-2-1-6-28(37)14-20-43(38)42)24-35(26-36)30-16-19-39-32(23-30)12-13-33-27-46-41-9-4-3-8-40(41)44-10-5-11-45(47(33)39)48(44)46/h1-27H. The second-order valence-electron chi connectivity index (χ2n) is 13.4. The molecule has 1 aliphatic rings. The van der Waals surface area contributed by atoms with Crippen LogP contribution in [0, 0.1) is 5.82 Å². The van der Waals surface area contributed by atoms with E-state index in [9.17, 15) is 0 Å². The Morgan fingerprint density at radius 3 is 1.61 bits per heavy atom. The van der Waals surface area contributed by atoms with E-state index in [-0.39, 0.29) is 5.82 Å². The fraction of sp³-hybridized carbons (Fsp3) is 0. The zero-order valence-corrected chi connectivity index (χ0v) is 26.5. The van der Waals surface area contributed by atoms with Crippen molar-refractivity contribution in [1.29, 1.82) is 0 Å². The molecule has 0 fully saturated rings. The van der Waals surface area contributed by atoms with Crippen LogP contribution in [0.2, 0.25) is 0 Å². The third-order valence-electron chi connectivity index (χ3n) is 10.8. The minimum absolute atomic E-state index is 0.236. The van der Waals surface area contributed by atoms with Crippen molar-refractivity contribution in [2.75, 3.05) is 0 Å². The maximum Gasteiger partial charge on any atom is 0.124 e. The summed E-state index contributed by atoms with van der Waals surface area (Å²) in [6.07, 6.45) is 0. The molecular weight excluding hydrogens is 596 g/mol. The van der Waals surface area contributed by atoms with Gasteiger partial charge < -0.3 is 0 Å². The van der Waals surface area contributed by atoms with Crippen molar-refractivity contribution < 1.29 is 4.39 Å². The lowest BCUT2D eigenvalue weighted by atomic mass is 9.91. The first kappa shape index (κ1) is 26.7. The Morgan fingerprint density at radius 2 is 0.816 bits per heavy atom. The van der Waals surface area contributed by atoms with Crippen molar-refractivity contribution >= 4 is 64.6 Å². The second kappa shape index (κ2) is 9.86. The van der Waals surface area contributed by atoms with E-state index in [1.165, 1.54) is 76.1 Å². The average molecular weight is 623 g/mol. The van der Waals surface area contributed by atoms with E-state index in [0.29, 0.717) is 0 Å². The minimum atomic E-state index is -0.236. The molecule has 0 nitrogen and oxygen atoms in total. The molecule has 10 aromatic carbocycles. The zero-order chi connectivity index (χ0) is 32.2. The molecule has 0 N–H and O–H groups in total. The summed E-state index contributed by atoms with van der Waals surface area (Å²) in [6.45, 7) is 0. The highest BCUT2D eigenvalue weighted by atomic mass is 19.1. The smallest absolute Gasteiger partial charge is 0.124 e. The molecule has 1 aliphatic carbocycles. The molecule has 0 bridgehead atoms. The summed E-state index contributed by atoms with van der Waals surface area (Å²) < 4.78 is 15.4. The van der Waals surface area contributed by atoms with E-state index in [2.05, 4.69) is 152 Å². The Morgan fingerprint density at radius 1 is 0.265 bits per heavy atom. The molecule has 0 radical (unpaired) electrons. The van der Waals surface area contributed by atoms with Crippen LogP contribution < -0.4 is 0 Å². The van der Waals surface area contributed by atoms with E-state index in [0.717, 1.165) is 33.0 Å². The van der Waals surface area contributed by atoms with Crippen molar-refractivity contribution in [3.63, 3.8) is 0 Å². The summed E-state index contributed by atoms with van der Waals surface area (Å²) in [7, 11) is 0. The van der Waals surface area contributed by atoms with Crippen molar-refractivity contribution in [3.8, 4) is 44.5 Å². The van der Waals surface area contributed by atoms with Gasteiger partial charge in [-0.1, -0.05) is 127 Å². The normalized spacial score (nSPS) is 12.2. The first-order valence-corrected chi connectivity index (χ1v) is 16.9. The van der Waals surface area contributed by atoms with Crippen LogP contribution in [-0.2, 0) is 0 Å². The van der Waals surface area contributed by atoms with Gasteiger partial charge in [0.2, 0.25) is 0 Å². The highest BCUT2D eigenvalue weighted by Crippen LogP contribution is 2.50. The van der Waals surface area contributed by atoms with E-state index in [1.807, 2.05) is 0 Å². The number of benzene rings is 10. The fourth-order valence-electron chi connectivity index (χ4n) is 8.55. The van der Waals surface area contributed by atoms with Crippen LogP contribution in [0.1, 0.15) is 0 Å². The zero-order valence-electron chi connectivity index (χ0n) is 26.5. The predicted octanol–water partition coefficient (Wildman–Crippen LogP) is 13.7. The predicted molar refractivity (Wildman–Crippen MR) is 207 cm³/mol.